The Morgan fingerprint density at radius 1 is 1.14 bits per heavy atom. The van der Waals surface area contributed by atoms with Crippen molar-refractivity contribution < 1.29 is 16.8 Å². The summed E-state index contributed by atoms with van der Waals surface area (Å²) < 4.78 is 50.5. The van der Waals surface area contributed by atoms with Gasteiger partial charge in [0.15, 0.2) is 0 Å². The maximum absolute atomic E-state index is 12.2. The second-order valence-corrected chi connectivity index (χ2v) is 7.60. The van der Waals surface area contributed by atoms with Gasteiger partial charge in [0.2, 0.25) is 10.0 Å². The van der Waals surface area contributed by atoms with Gasteiger partial charge in [0, 0.05) is 12.7 Å². The number of nitrogens with two attached hydrogens (primary N) is 1. The first kappa shape index (κ1) is 15.5. The van der Waals surface area contributed by atoms with Crippen LogP contribution in [0.4, 0.5) is 5.69 Å². The van der Waals surface area contributed by atoms with E-state index in [2.05, 4.69) is 9.82 Å². The Hall–Kier alpha value is -1.91. The second kappa shape index (κ2) is 5.13. The maximum atomic E-state index is 12.2. The molecule has 0 radical (unpaired) electrons. The van der Waals surface area contributed by atoms with Crippen LogP contribution in [0.1, 0.15) is 5.69 Å². The number of nitrogens with zero attached hydrogens (tertiary/aromatic N) is 2. The smallest absolute Gasteiger partial charge is 0.265 e. The lowest BCUT2D eigenvalue weighted by molar-refractivity contribution is 0.597. The highest BCUT2D eigenvalue weighted by Gasteiger charge is 2.20. The number of hydrogen-bond donors (Lipinski definition) is 2. The van der Waals surface area contributed by atoms with Crippen molar-refractivity contribution in [1.82, 2.24) is 9.78 Å². The minimum absolute atomic E-state index is 0.0560. The number of primary sulfonamides is 1. The molecule has 0 atom stereocenters. The van der Waals surface area contributed by atoms with E-state index in [1.807, 2.05) is 0 Å². The van der Waals surface area contributed by atoms with Gasteiger partial charge in [0.25, 0.3) is 10.0 Å². The lowest BCUT2D eigenvalue weighted by Crippen LogP contribution is -2.15. The van der Waals surface area contributed by atoms with Crippen molar-refractivity contribution in [3.05, 3.63) is 36.2 Å². The molecule has 0 aliphatic heterocycles. The number of anilines is 1. The fraction of sp³-hybridized carbons (Fsp3) is 0.182. The predicted octanol–water partition coefficient (Wildman–Crippen LogP) is 0.177. The van der Waals surface area contributed by atoms with Crippen LogP contribution in [0.15, 0.2) is 40.3 Å². The molecule has 0 amide bonds. The predicted molar refractivity (Wildman–Crippen MR) is 76.6 cm³/mol. The minimum atomic E-state index is -3.81. The summed E-state index contributed by atoms with van der Waals surface area (Å²) >= 11 is 0. The van der Waals surface area contributed by atoms with Crippen molar-refractivity contribution >= 4 is 25.7 Å². The van der Waals surface area contributed by atoms with Crippen LogP contribution in [0.3, 0.4) is 0 Å². The van der Waals surface area contributed by atoms with Gasteiger partial charge in [-0.15, -0.1) is 0 Å². The summed E-state index contributed by atoms with van der Waals surface area (Å²) in [5.41, 5.74) is 0.717. The molecule has 0 fully saturated rings. The van der Waals surface area contributed by atoms with Gasteiger partial charge in [-0.25, -0.2) is 22.0 Å². The van der Waals surface area contributed by atoms with E-state index in [-0.39, 0.29) is 15.5 Å². The van der Waals surface area contributed by atoms with Crippen LogP contribution in [0.25, 0.3) is 0 Å². The molecule has 0 aliphatic rings. The molecule has 0 saturated carbocycles. The number of nitrogens with one attached hydrogen (secondary N) is 1. The van der Waals surface area contributed by atoms with Crippen LogP contribution in [0.5, 0.6) is 0 Å². The fourth-order valence-electron chi connectivity index (χ4n) is 1.67. The molecule has 3 N–H and O–H groups in total. The van der Waals surface area contributed by atoms with Gasteiger partial charge in [-0.05, 0) is 31.2 Å². The van der Waals surface area contributed by atoms with E-state index in [0.717, 1.165) is 0 Å². The zero-order valence-electron chi connectivity index (χ0n) is 11.3. The molecular formula is C11H14N4O4S2. The molecule has 1 aromatic carbocycles. The minimum Gasteiger partial charge on any atom is -0.280 e. The molecule has 0 bridgehead atoms. The van der Waals surface area contributed by atoms with Crippen LogP contribution >= 0.6 is 0 Å². The summed E-state index contributed by atoms with van der Waals surface area (Å²) in [6, 6.07) is 5.10. The third kappa shape index (κ3) is 3.23. The Bertz CT molecular complexity index is 867. The summed E-state index contributed by atoms with van der Waals surface area (Å²) in [5.74, 6) is 0. The fourth-order valence-corrected chi connectivity index (χ4v) is 3.44. The summed E-state index contributed by atoms with van der Waals surface area (Å²) in [5, 5.41) is 8.84. The third-order valence-corrected chi connectivity index (χ3v) is 5.33. The molecule has 10 heteroatoms. The molecule has 0 saturated heterocycles. The van der Waals surface area contributed by atoms with E-state index in [1.165, 1.54) is 35.1 Å². The molecule has 1 aromatic heterocycles. The van der Waals surface area contributed by atoms with Crippen LogP contribution in [-0.2, 0) is 27.1 Å². The SMILES string of the molecule is Cc1c(S(=O)(=O)Nc2ccc(S(N)(=O)=O)cc2)cnn1C. The highest BCUT2D eigenvalue weighted by molar-refractivity contribution is 7.92. The molecular weight excluding hydrogens is 316 g/mol. The van der Waals surface area contributed by atoms with E-state index < -0.39 is 20.0 Å². The average Bonchev–Trinajstić information content (AvgIpc) is 2.69. The first-order valence-corrected chi connectivity index (χ1v) is 8.78. The largest absolute Gasteiger partial charge is 0.280 e. The van der Waals surface area contributed by atoms with Gasteiger partial charge in [-0.3, -0.25) is 9.40 Å². The molecule has 1 heterocycles. The van der Waals surface area contributed by atoms with Crippen molar-refractivity contribution in [1.29, 1.82) is 0 Å². The van der Waals surface area contributed by atoms with E-state index in [0.29, 0.717) is 5.69 Å². The topological polar surface area (TPSA) is 124 Å². The molecule has 21 heavy (non-hydrogen) atoms. The summed E-state index contributed by atoms with van der Waals surface area (Å²) in [6.45, 7) is 1.63. The first-order chi connectivity index (χ1) is 9.61. The zero-order valence-corrected chi connectivity index (χ0v) is 12.9. The molecule has 114 valence electrons. The lowest BCUT2D eigenvalue weighted by Gasteiger charge is -2.08. The van der Waals surface area contributed by atoms with Crippen molar-refractivity contribution in [2.45, 2.75) is 16.7 Å². The molecule has 2 aromatic rings. The normalized spacial score (nSPS) is 12.3. The Kier molecular flexibility index (Phi) is 3.78. The zero-order chi connectivity index (χ0) is 15.8. The summed E-state index contributed by atoms with van der Waals surface area (Å²) in [6.07, 6.45) is 1.25. The summed E-state index contributed by atoms with van der Waals surface area (Å²) in [4.78, 5) is -0.0384. The summed E-state index contributed by atoms with van der Waals surface area (Å²) in [7, 11) is -5.96. The molecule has 0 unspecified atom stereocenters. The number of aromatic nitrogens is 2. The Labute approximate surface area is 122 Å². The lowest BCUT2D eigenvalue weighted by atomic mass is 10.3. The Morgan fingerprint density at radius 2 is 1.71 bits per heavy atom. The molecule has 2 rings (SSSR count). The van der Waals surface area contributed by atoms with Crippen LogP contribution < -0.4 is 9.86 Å². The maximum Gasteiger partial charge on any atom is 0.265 e. The van der Waals surface area contributed by atoms with Crippen LogP contribution in [0.2, 0.25) is 0 Å². The molecule has 8 nitrogen and oxygen atoms in total. The van der Waals surface area contributed by atoms with Crippen LogP contribution in [-0.4, -0.2) is 26.6 Å². The number of rotatable bonds is 4. The van der Waals surface area contributed by atoms with Gasteiger partial charge in [0.05, 0.1) is 16.8 Å². The van der Waals surface area contributed by atoms with Crippen molar-refractivity contribution in [3.8, 4) is 0 Å². The monoisotopic (exact) mass is 330 g/mol. The second-order valence-electron chi connectivity index (χ2n) is 4.39. The number of benzene rings is 1. The van der Waals surface area contributed by atoms with Crippen molar-refractivity contribution in [3.63, 3.8) is 0 Å². The number of aryl methyl sites for hydroxylation is 1. The highest BCUT2D eigenvalue weighted by atomic mass is 32.2. The highest BCUT2D eigenvalue weighted by Crippen LogP contribution is 2.19. The van der Waals surface area contributed by atoms with Crippen molar-refractivity contribution in [2.75, 3.05) is 4.72 Å². The van der Waals surface area contributed by atoms with Gasteiger partial charge in [-0.1, -0.05) is 0 Å². The van der Waals surface area contributed by atoms with E-state index >= 15 is 0 Å². The van der Waals surface area contributed by atoms with Gasteiger partial charge in [-0.2, -0.15) is 5.10 Å². The van der Waals surface area contributed by atoms with Crippen LogP contribution in [0, 0.1) is 6.92 Å². The number of hydrogen-bond acceptors (Lipinski definition) is 5. The van der Waals surface area contributed by atoms with E-state index in [4.69, 9.17) is 5.14 Å². The standard InChI is InChI=1S/C11H14N4O4S2/c1-8-11(7-13-15(8)2)21(18,19)14-9-3-5-10(6-4-9)20(12,16)17/h3-7,14H,1-2H3,(H2,12,16,17). The number of sulfonamides is 2. The third-order valence-electron chi connectivity index (χ3n) is 2.91. The Morgan fingerprint density at radius 3 is 2.14 bits per heavy atom. The van der Waals surface area contributed by atoms with Gasteiger partial charge in [0.1, 0.15) is 4.90 Å². The van der Waals surface area contributed by atoms with E-state index in [1.54, 1.807) is 14.0 Å². The van der Waals surface area contributed by atoms with Crippen molar-refractivity contribution in [2.24, 2.45) is 12.2 Å². The average molecular weight is 330 g/mol. The quantitative estimate of drug-likeness (QED) is 0.827. The van der Waals surface area contributed by atoms with Gasteiger partial charge >= 0.3 is 0 Å². The van der Waals surface area contributed by atoms with Gasteiger partial charge < -0.3 is 0 Å². The molecule has 0 spiro atoms. The first-order valence-electron chi connectivity index (χ1n) is 5.75. The van der Waals surface area contributed by atoms with E-state index in [9.17, 15) is 16.8 Å². The Balaban J connectivity index is 2.31. The molecule has 0 aliphatic carbocycles.